The fourth-order valence-electron chi connectivity index (χ4n) is 1.94. The molecule has 0 bridgehead atoms. The number of carbonyl (C=O) groups is 2. The summed E-state index contributed by atoms with van der Waals surface area (Å²) in [5, 5.41) is 12.1. The molecule has 2 rings (SSSR count). The topological polar surface area (TPSA) is 66.4 Å². The summed E-state index contributed by atoms with van der Waals surface area (Å²) in [5.74, 6) is -1.58. The average molecular weight is 430 g/mol. The van der Waals surface area contributed by atoms with Gasteiger partial charge in [-0.1, -0.05) is 35.9 Å². The van der Waals surface area contributed by atoms with E-state index in [0.29, 0.717) is 5.02 Å². The SMILES string of the molecule is O=C(N[C@@H](Cc1ccc(I)cc1)C(=O)O)c1ccccc1Cl. The molecule has 0 radical (unpaired) electrons. The minimum absolute atomic E-state index is 0.211. The summed E-state index contributed by atoms with van der Waals surface area (Å²) in [6.45, 7) is 0. The van der Waals surface area contributed by atoms with E-state index in [9.17, 15) is 14.7 Å². The second kappa shape index (κ2) is 7.60. The molecule has 0 unspecified atom stereocenters. The molecule has 2 aromatic rings. The molecular formula is C16H13ClINO3. The van der Waals surface area contributed by atoms with Gasteiger partial charge in [-0.05, 0) is 52.4 Å². The van der Waals surface area contributed by atoms with Crippen LogP contribution in [0.3, 0.4) is 0 Å². The van der Waals surface area contributed by atoms with Crippen LogP contribution in [0.25, 0.3) is 0 Å². The molecule has 22 heavy (non-hydrogen) atoms. The maximum Gasteiger partial charge on any atom is 0.326 e. The monoisotopic (exact) mass is 429 g/mol. The lowest BCUT2D eigenvalue weighted by atomic mass is 10.1. The van der Waals surface area contributed by atoms with Crippen LogP contribution in [0.1, 0.15) is 15.9 Å². The minimum atomic E-state index is -1.08. The van der Waals surface area contributed by atoms with Crippen LogP contribution < -0.4 is 5.32 Å². The number of carboxylic acid groups (broad SMARTS) is 1. The molecule has 114 valence electrons. The van der Waals surface area contributed by atoms with Gasteiger partial charge in [0.2, 0.25) is 0 Å². The summed E-state index contributed by atoms with van der Waals surface area (Å²) in [6, 6.07) is 13.0. The number of nitrogens with one attached hydrogen (secondary N) is 1. The number of rotatable bonds is 5. The summed E-state index contributed by atoms with van der Waals surface area (Å²) in [7, 11) is 0. The molecule has 0 fully saturated rings. The lowest BCUT2D eigenvalue weighted by molar-refractivity contribution is -0.139. The largest absolute Gasteiger partial charge is 0.480 e. The summed E-state index contributed by atoms with van der Waals surface area (Å²) < 4.78 is 1.06. The highest BCUT2D eigenvalue weighted by atomic mass is 127. The molecule has 0 aliphatic rings. The lowest BCUT2D eigenvalue weighted by Crippen LogP contribution is -2.42. The molecule has 0 spiro atoms. The van der Waals surface area contributed by atoms with Gasteiger partial charge in [-0.15, -0.1) is 0 Å². The molecule has 0 saturated carbocycles. The Morgan fingerprint density at radius 2 is 1.77 bits per heavy atom. The maximum atomic E-state index is 12.2. The van der Waals surface area contributed by atoms with E-state index in [1.165, 1.54) is 0 Å². The van der Waals surface area contributed by atoms with Crippen molar-refractivity contribution in [1.82, 2.24) is 5.32 Å². The van der Waals surface area contributed by atoms with Gasteiger partial charge in [0.25, 0.3) is 5.91 Å². The van der Waals surface area contributed by atoms with Crippen molar-refractivity contribution in [3.8, 4) is 0 Å². The predicted octanol–water partition coefficient (Wildman–Crippen LogP) is 3.37. The molecule has 1 amide bonds. The third-order valence-electron chi connectivity index (χ3n) is 3.07. The Labute approximate surface area is 146 Å². The Kier molecular flexibility index (Phi) is 5.79. The average Bonchev–Trinajstić information content (AvgIpc) is 2.49. The van der Waals surface area contributed by atoms with Gasteiger partial charge < -0.3 is 10.4 Å². The van der Waals surface area contributed by atoms with Crippen molar-refractivity contribution < 1.29 is 14.7 Å². The number of hydrogen-bond acceptors (Lipinski definition) is 2. The lowest BCUT2D eigenvalue weighted by Gasteiger charge is -2.15. The van der Waals surface area contributed by atoms with Crippen LogP contribution in [-0.2, 0) is 11.2 Å². The zero-order valence-corrected chi connectivity index (χ0v) is 14.3. The minimum Gasteiger partial charge on any atom is -0.480 e. The molecule has 2 aromatic carbocycles. The van der Waals surface area contributed by atoms with E-state index >= 15 is 0 Å². The van der Waals surface area contributed by atoms with Crippen molar-refractivity contribution in [3.05, 3.63) is 68.3 Å². The van der Waals surface area contributed by atoms with Gasteiger partial charge in [0.1, 0.15) is 6.04 Å². The van der Waals surface area contributed by atoms with Crippen LogP contribution >= 0.6 is 34.2 Å². The number of amides is 1. The maximum absolute atomic E-state index is 12.2. The van der Waals surface area contributed by atoms with Crippen molar-refractivity contribution in [3.63, 3.8) is 0 Å². The van der Waals surface area contributed by atoms with Gasteiger partial charge in [0.15, 0.2) is 0 Å². The number of aliphatic carboxylic acids is 1. The van der Waals surface area contributed by atoms with Crippen molar-refractivity contribution in [2.24, 2.45) is 0 Å². The Bertz CT molecular complexity index is 688. The Balaban J connectivity index is 2.12. The molecule has 4 nitrogen and oxygen atoms in total. The third-order valence-corrected chi connectivity index (χ3v) is 4.12. The van der Waals surface area contributed by atoms with Crippen molar-refractivity contribution in [2.75, 3.05) is 0 Å². The molecule has 2 N–H and O–H groups in total. The van der Waals surface area contributed by atoms with E-state index in [1.807, 2.05) is 24.3 Å². The summed E-state index contributed by atoms with van der Waals surface area (Å²) in [5.41, 5.74) is 1.10. The number of carbonyl (C=O) groups excluding carboxylic acids is 1. The Hall–Kier alpha value is -1.60. The molecule has 1 atom stereocenters. The predicted molar refractivity (Wildman–Crippen MR) is 93.2 cm³/mol. The zero-order valence-electron chi connectivity index (χ0n) is 11.4. The quantitative estimate of drug-likeness (QED) is 0.716. The number of halogens is 2. The Morgan fingerprint density at radius 3 is 2.36 bits per heavy atom. The van der Waals surface area contributed by atoms with Gasteiger partial charge >= 0.3 is 5.97 Å². The second-order valence-electron chi connectivity index (χ2n) is 4.67. The number of carboxylic acids is 1. The first-order valence-corrected chi connectivity index (χ1v) is 7.95. The number of benzene rings is 2. The van der Waals surface area contributed by atoms with E-state index in [0.717, 1.165) is 9.13 Å². The van der Waals surface area contributed by atoms with Gasteiger partial charge in [0, 0.05) is 9.99 Å². The number of hydrogen-bond donors (Lipinski definition) is 2. The first-order chi connectivity index (χ1) is 10.5. The summed E-state index contributed by atoms with van der Waals surface area (Å²) in [4.78, 5) is 23.5. The molecule has 0 aliphatic heterocycles. The highest BCUT2D eigenvalue weighted by Crippen LogP contribution is 2.15. The molecule has 0 aliphatic carbocycles. The van der Waals surface area contributed by atoms with Crippen LogP contribution in [0, 0.1) is 3.57 Å². The first kappa shape index (κ1) is 16.8. The molecule has 0 aromatic heterocycles. The zero-order chi connectivity index (χ0) is 16.1. The van der Waals surface area contributed by atoms with Gasteiger partial charge in [-0.3, -0.25) is 4.79 Å². The highest BCUT2D eigenvalue weighted by molar-refractivity contribution is 14.1. The van der Waals surface area contributed by atoms with E-state index in [2.05, 4.69) is 27.9 Å². The smallest absolute Gasteiger partial charge is 0.326 e. The fourth-order valence-corrected chi connectivity index (χ4v) is 2.52. The Morgan fingerprint density at radius 1 is 1.14 bits per heavy atom. The van der Waals surface area contributed by atoms with E-state index in [4.69, 9.17) is 11.6 Å². The van der Waals surface area contributed by atoms with Crippen LogP contribution in [0.15, 0.2) is 48.5 Å². The standard InChI is InChI=1S/C16H13ClINO3/c17-13-4-2-1-3-12(13)15(20)19-14(16(21)22)9-10-5-7-11(18)8-6-10/h1-8,14H,9H2,(H,19,20)(H,21,22)/t14-/m0/s1. The van der Waals surface area contributed by atoms with E-state index in [1.54, 1.807) is 24.3 Å². The van der Waals surface area contributed by atoms with Crippen LogP contribution in [0.4, 0.5) is 0 Å². The van der Waals surface area contributed by atoms with Gasteiger partial charge in [0.05, 0.1) is 10.6 Å². The molecule has 0 heterocycles. The van der Waals surface area contributed by atoms with Gasteiger partial charge in [-0.25, -0.2) is 4.79 Å². The molecule has 6 heteroatoms. The fraction of sp³-hybridized carbons (Fsp3) is 0.125. The van der Waals surface area contributed by atoms with E-state index in [-0.39, 0.29) is 12.0 Å². The van der Waals surface area contributed by atoms with Crippen LogP contribution in [-0.4, -0.2) is 23.0 Å². The van der Waals surface area contributed by atoms with Gasteiger partial charge in [-0.2, -0.15) is 0 Å². The van der Waals surface area contributed by atoms with Crippen molar-refractivity contribution in [2.45, 2.75) is 12.5 Å². The third kappa shape index (κ3) is 4.45. The highest BCUT2D eigenvalue weighted by Gasteiger charge is 2.22. The molecule has 0 saturated heterocycles. The first-order valence-electron chi connectivity index (χ1n) is 6.50. The summed E-state index contributed by atoms with van der Waals surface area (Å²) in [6.07, 6.45) is 0.211. The normalized spacial score (nSPS) is 11.7. The summed E-state index contributed by atoms with van der Waals surface area (Å²) >= 11 is 8.12. The van der Waals surface area contributed by atoms with Crippen molar-refractivity contribution >= 4 is 46.1 Å². The van der Waals surface area contributed by atoms with Crippen molar-refractivity contribution in [1.29, 1.82) is 0 Å². The van der Waals surface area contributed by atoms with Crippen LogP contribution in [0.2, 0.25) is 5.02 Å². The molecular weight excluding hydrogens is 417 g/mol. The second-order valence-corrected chi connectivity index (χ2v) is 6.33. The van der Waals surface area contributed by atoms with E-state index < -0.39 is 17.9 Å². The van der Waals surface area contributed by atoms with Crippen LogP contribution in [0.5, 0.6) is 0 Å².